The van der Waals surface area contributed by atoms with Crippen LogP contribution in [0, 0.1) is 11.6 Å². The van der Waals surface area contributed by atoms with E-state index in [1.165, 1.54) is 36.2 Å². The fourth-order valence-electron chi connectivity index (χ4n) is 1.89. The lowest BCUT2D eigenvalue weighted by atomic mass is 10.1. The average molecular weight is 311 g/mol. The summed E-state index contributed by atoms with van der Waals surface area (Å²) in [5.41, 5.74) is 5.77. The molecule has 2 aromatic carbocycles. The molecule has 0 fully saturated rings. The van der Waals surface area contributed by atoms with E-state index >= 15 is 0 Å². The van der Waals surface area contributed by atoms with Gasteiger partial charge in [0.2, 0.25) is 0 Å². The molecule has 0 saturated carbocycles. The number of halogens is 3. The Kier molecular flexibility index (Phi) is 4.43. The Balaban J connectivity index is 2.21. The van der Waals surface area contributed by atoms with Crippen LogP contribution in [0.15, 0.2) is 36.4 Å². The number of hydrogen-bond donors (Lipinski definition) is 1. The lowest BCUT2D eigenvalue weighted by molar-refractivity contribution is 0.0784. The Morgan fingerprint density at radius 2 is 1.95 bits per heavy atom. The molecule has 2 rings (SSSR count). The first-order chi connectivity index (χ1) is 9.90. The van der Waals surface area contributed by atoms with Gasteiger partial charge >= 0.3 is 0 Å². The van der Waals surface area contributed by atoms with Gasteiger partial charge in [0.05, 0.1) is 5.69 Å². The summed E-state index contributed by atoms with van der Waals surface area (Å²) in [7, 11) is 1.50. The van der Waals surface area contributed by atoms with Gasteiger partial charge in [-0.3, -0.25) is 4.79 Å². The molecule has 0 aliphatic rings. The van der Waals surface area contributed by atoms with Crippen LogP contribution in [0.3, 0.4) is 0 Å². The zero-order valence-electron chi connectivity index (χ0n) is 11.2. The number of nitrogen functional groups attached to an aromatic ring is 1. The summed E-state index contributed by atoms with van der Waals surface area (Å²) in [6, 6.07) is 8.00. The normalized spacial score (nSPS) is 10.5. The molecule has 0 aliphatic heterocycles. The molecule has 0 aliphatic carbocycles. The minimum Gasteiger partial charge on any atom is -0.396 e. The number of carbonyl (C=O) groups excluding carboxylic acids is 1. The third kappa shape index (κ3) is 3.31. The van der Waals surface area contributed by atoms with Crippen LogP contribution in [0.25, 0.3) is 0 Å². The molecule has 0 bridgehead atoms. The number of benzene rings is 2. The summed E-state index contributed by atoms with van der Waals surface area (Å²) in [5.74, 6) is -1.48. The highest BCUT2D eigenvalue weighted by atomic mass is 35.5. The highest BCUT2D eigenvalue weighted by Gasteiger charge is 2.16. The molecule has 0 aromatic heterocycles. The van der Waals surface area contributed by atoms with E-state index in [1.807, 2.05) is 0 Å². The smallest absolute Gasteiger partial charge is 0.253 e. The summed E-state index contributed by atoms with van der Waals surface area (Å²) >= 11 is 5.92. The van der Waals surface area contributed by atoms with Crippen LogP contribution >= 0.6 is 11.6 Å². The monoisotopic (exact) mass is 310 g/mol. The second kappa shape index (κ2) is 6.10. The fraction of sp³-hybridized carbons (Fsp3) is 0.133. The van der Waals surface area contributed by atoms with Gasteiger partial charge in [-0.1, -0.05) is 17.7 Å². The molecule has 0 heterocycles. The number of amides is 1. The highest BCUT2D eigenvalue weighted by molar-refractivity contribution is 6.31. The maximum absolute atomic E-state index is 13.7. The molecule has 2 aromatic rings. The van der Waals surface area contributed by atoms with Gasteiger partial charge in [0.1, 0.15) is 11.6 Å². The van der Waals surface area contributed by atoms with Crippen molar-refractivity contribution in [1.82, 2.24) is 4.90 Å². The topological polar surface area (TPSA) is 46.3 Å². The van der Waals surface area contributed by atoms with E-state index in [4.69, 9.17) is 17.3 Å². The molecule has 3 nitrogen and oxygen atoms in total. The number of carbonyl (C=O) groups is 1. The van der Waals surface area contributed by atoms with Crippen molar-refractivity contribution in [2.24, 2.45) is 0 Å². The molecule has 6 heteroatoms. The van der Waals surface area contributed by atoms with Crippen LogP contribution in [0.1, 0.15) is 15.9 Å². The van der Waals surface area contributed by atoms with Crippen molar-refractivity contribution in [3.8, 4) is 0 Å². The summed E-state index contributed by atoms with van der Waals surface area (Å²) in [5, 5.41) is 0.244. The summed E-state index contributed by atoms with van der Waals surface area (Å²) in [4.78, 5) is 13.5. The molecular formula is C15H13ClF2N2O. The van der Waals surface area contributed by atoms with Gasteiger partial charge in [-0.05, 0) is 30.3 Å². The number of hydrogen-bond acceptors (Lipinski definition) is 2. The molecule has 0 spiro atoms. The van der Waals surface area contributed by atoms with E-state index in [1.54, 1.807) is 6.07 Å². The van der Waals surface area contributed by atoms with Crippen LogP contribution in [0.5, 0.6) is 0 Å². The molecule has 21 heavy (non-hydrogen) atoms. The fourth-order valence-corrected chi connectivity index (χ4v) is 2.11. The quantitative estimate of drug-likeness (QED) is 0.882. The van der Waals surface area contributed by atoms with E-state index in [0.29, 0.717) is 0 Å². The lowest BCUT2D eigenvalue weighted by Gasteiger charge is -2.18. The minimum absolute atomic E-state index is 0.00161. The molecule has 0 atom stereocenters. The molecule has 0 unspecified atom stereocenters. The predicted molar refractivity (Wildman–Crippen MR) is 78.0 cm³/mol. The molecule has 0 saturated heterocycles. The van der Waals surface area contributed by atoms with E-state index in [-0.39, 0.29) is 28.4 Å². The zero-order valence-corrected chi connectivity index (χ0v) is 12.0. The maximum Gasteiger partial charge on any atom is 0.253 e. The van der Waals surface area contributed by atoms with Gasteiger partial charge in [0.15, 0.2) is 0 Å². The highest BCUT2D eigenvalue weighted by Crippen LogP contribution is 2.21. The van der Waals surface area contributed by atoms with E-state index in [0.717, 1.165) is 6.07 Å². The van der Waals surface area contributed by atoms with Gasteiger partial charge < -0.3 is 10.6 Å². The molecule has 110 valence electrons. The maximum atomic E-state index is 13.7. The lowest BCUT2D eigenvalue weighted by Crippen LogP contribution is -2.27. The Morgan fingerprint density at radius 1 is 1.24 bits per heavy atom. The van der Waals surface area contributed by atoms with Gasteiger partial charge in [-0.15, -0.1) is 0 Å². The summed E-state index contributed by atoms with van der Waals surface area (Å²) < 4.78 is 26.8. The van der Waals surface area contributed by atoms with Crippen LogP contribution < -0.4 is 5.73 Å². The third-order valence-electron chi connectivity index (χ3n) is 3.05. The van der Waals surface area contributed by atoms with Crippen molar-refractivity contribution in [3.63, 3.8) is 0 Å². The van der Waals surface area contributed by atoms with E-state index in [9.17, 15) is 13.6 Å². The van der Waals surface area contributed by atoms with E-state index < -0.39 is 17.5 Å². The van der Waals surface area contributed by atoms with Crippen molar-refractivity contribution < 1.29 is 13.6 Å². The van der Waals surface area contributed by atoms with Crippen molar-refractivity contribution >= 4 is 23.2 Å². The van der Waals surface area contributed by atoms with Gasteiger partial charge in [0.25, 0.3) is 5.91 Å². The average Bonchev–Trinajstić information content (AvgIpc) is 2.45. The second-order valence-electron chi connectivity index (χ2n) is 4.60. The summed E-state index contributed by atoms with van der Waals surface area (Å²) in [6.07, 6.45) is 0. The van der Waals surface area contributed by atoms with Crippen molar-refractivity contribution in [1.29, 1.82) is 0 Å². The first-order valence-corrected chi connectivity index (χ1v) is 6.51. The first-order valence-electron chi connectivity index (χ1n) is 6.13. The van der Waals surface area contributed by atoms with Crippen LogP contribution in [0.2, 0.25) is 5.02 Å². The van der Waals surface area contributed by atoms with Crippen molar-refractivity contribution in [2.45, 2.75) is 6.54 Å². The Morgan fingerprint density at radius 3 is 2.57 bits per heavy atom. The Labute approximate surface area is 125 Å². The van der Waals surface area contributed by atoms with Gasteiger partial charge in [-0.2, -0.15) is 0 Å². The minimum atomic E-state index is -0.591. The van der Waals surface area contributed by atoms with E-state index in [2.05, 4.69) is 0 Å². The first kappa shape index (κ1) is 15.3. The number of anilines is 1. The van der Waals surface area contributed by atoms with Crippen molar-refractivity contribution in [2.75, 3.05) is 12.8 Å². The SMILES string of the molecule is CN(Cc1c(F)cccc1Cl)C(=O)c1ccc(F)c(N)c1. The van der Waals surface area contributed by atoms with Gasteiger partial charge in [-0.25, -0.2) is 8.78 Å². The number of rotatable bonds is 3. The van der Waals surface area contributed by atoms with Crippen LogP contribution in [0.4, 0.5) is 14.5 Å². The summed E-state index contributed by atoms with van der Waals surface area (Å²) in [6.45, 7) is 0.00161. The van der Waals surface area contributed by atoms with Crippen LogP contribution in [-0.2, 0) is 6.54 Å². The van der Waals surface area contributed by atoms with Crippen LogP contribution in [-0.4, -0.2) is 17.9 Å². The molecule has 0 radical (unpaired) electrons. The Hall–Kier alpha value is -2.14. The number of nitrogens with zero attached hydrogens (tertiary/aromatic N) is 1. The molecule has 2 N–H and O–H groups in total. The standard InChI is InChI=1S/C15H13ClF2N2O/c1-20(8-10-11(16)3-2-4-12(10)17)15(21)9-5-6-13(18)14(19)7-9/h2-7H,8,19H2,1H3. The second-order valence-corrected chi connectivity index (χ2v) is 5.00. The van der Waals surface area contributed by atoms with Crippen molar-refractivity contribution in [3.05, 3.63) is 64.2 Å². The Bertz CT molecular complexity index is 671. The third-order valence-corrected chi connectivity index (χ3v) is 3.40. The molecular weight excluding hydrogens is 298 g/mol. The number of nitrogens with two attached hydrogens (primary N) is 1. The van der Waals surface area contributed by atoms with Gasteiger partial charge in [0, 0.05) is 29.7 Å². The largest absolute Gasteiger partial charge is 0.396 e. The zero-order chi connectivity index (χ0) is 15.6. The molecule has 1 amide bonds. The predicted octanol–water partition coefficient (Wildman–Crippen LogP) is 3.47.